The van der Waals surface area contributed by atoms with Crippen molar-refractivity contribution in [3.63, 3.8) is 0 Å². The molecule has 1 aromatic carbocycles. The predicted octanol–water partition coefficient (Wildman–Crippen LogP) is 2.34. The number of hydrogen-bond donors (Lipinski definition) is 0. The molecule has 0 N–H and O–H groups in total. The molecular formula is C10H8ClF2N3. The van der Waals surface area contributed by atoms with Crippen LogP contribution in [-0.2, 0) is 12.4 Å². The van der Waals surface area contributed by atoms with Crippen LogP contribution in [0.25, 0.3) is 0 Å². The van der Waals surface area contributed by atoms with Crippen molar-refractivity contribution in [1.82, 2.24) is 14.8 Å². The van der Waals surface area contributed by atoms with Crippen LogP contribution in [0, 0.1) is 11.6 Å². The molecule has 3 nitrogen and oxygen atoms in total. The third-order valence-electron chi connectivity index (χ3n) is 2.13. The van der Waals surface area contributed by atoms with Gasteiger partial charge in [-0.25, -0.2) is 18.4 Å². The van der Waals surface area contributed by atoms with Crippen LogP contribution in [0.15, 0.2) is 24.5 Å². The summed E-state index contributed by atoms with van der Waals surface area (Å²) in [5.74, 6) is -0.916. The fourth-order valence-corrected chi connectivity index (χ4v) is 1.54. The molecule has 0 aliphatic heterocycles. The van der Waals surface area contributed by atoms with Gasteiger partial charge in [0.2, 0.25) is 0 Å². The average molecular weight is 244 g/mol. The Hall–Kier alpha value is -1.49. The lowest BCUT2D eigenvalue weighted by Crippen LogP contribution is -2.06. The highest BCUT2D eigenvalue weighted by atomic mass is 35.5. The summed E-state index contributed by atoms with van der Waals surface area (Å²) in [6.45, 7) is 0.319. The maximum atomic E-state index is 12.9. The van der Waals surface area contributed by atoms with E-state index in [-0.39, 0.29) is 5.88 Å². The molecule has 0 bridgehead atoms. The van der Waals surface area contributed by atoms with Gasteiger partial charge in [0.05, 0.1) is 12.4 Å². The first-order valence-electron chi connectivity index (χ1n) is 4.57. The zero-order valence-corrected chi connectivity index (χ0v) is 8.96. The van der Waals surface area contributed by atoms with Crippen molar-refractivity contribution in [2.75, 3.05) is 0 Å². The van der Waals surface area contributed by atoms with Crippen molar-refractivity contribution < 1.29 is 8.78 Å². The minimum absolute atomic E-state index is 0.226. The fourth-order valence-electron chi connectivity index (χ4n) is 1.33. The Balaban J connectivity index is 2.24. The summed E-state index contributed by atoms with van der Waals surface area (Å²) in [5, 5.41) is 3.94. The maximum Gasteiger partial charge on any atom is 0.159 e. The van der Waals surface area contributed by atoms with Gasteiger partial charge < -0.3 is 0 Å². The second kappa shape index (κ2) is 4.57. The molecular weight excluding hydrogens is 236 g/mol. The Bertz CT molecular complexity index is 499. The van der Waals surface area contributed by atoms with Crippen LogP contribution >= 0.6 is 11.6 Å². The summed E-state index contributed by atoms with van der Waals surface area (Å²) in [7, 11) is 0. The summed E-state index contributed by atoms with van der Waals surface area (Å²) in [5.41, 5.74) is 0.607. The van der Waals surface area contributed by atoms with Gasteiger partial charge >= 0.3 is 0 Å². The molecule has 0 aliphatic rings. The smallest absolute Gasteiger partial charge is 0.159 e. The van der Waals surface area contributed by atoms with Gasteiger partial charge in [-0.05, 0) is 17.7 Å². The molecule has 0 amide bonds. The molecule has 0 fully saturated rings. The van der Waals surface area contributed by atoms with E-state index < -0.39 is 11.6 Å². The minimum Gasteiger partial charge on any atom is -0.244 e. The predicted molar refractivity (Wildman–Crippen MR) is 55.0 cm³/mol. The number of halogens is 3. The minimum atomic E-state index is -0.870. The number of hydrogen-bond acceptors (Lipinski definition) is 2. The van der Waals surface area contributed by atoms with E-state index in [4.69, 9.17) is 11.6 Å². The zero-order chi connectivity index (χ0) is 11.5. The second-order valence-corrected chi connectivity index (χ2v) is 3.48. The summed E-state index contributed by atoms with van der Waals surface area (Å²) in [6, 6.07) is 3.72. The molecule has 1 heterocycles. The normalized spacial score (nSPS) is 10.7. The quantitative estimate of drug-likeness (QED) is 0.775. The van der Waals surface area contributed by atoms with E-state index in [1.807, 2.05) is 0 Å². The third-order valence-corrected chi connectivity index (χ3v) is 2.37. The van der Waals surface area contributed by atoms with Crippen LogP contribution in [0.5, 0.6) is 0 Å². The van der Waals surface area contributed by atoms with E-state index in [0.717, 1.165) is 12.1 Å². The molecule has 0 atom stereocenters. The molecule has 0 spiro atoms. The molecule has 2 rings (SSSR count). The summed E-state index contributed by atoms with van der Waals surface area (Å²) in [6.07, 6.45) is 1.37. The number of benzene rings is 1. The second-order valence-electron chi connectivity index (χ2n) is 3.22. The van der Waals surface area contributed by atoms with Crippen LogP contribution in [0.1, 0.15) is 11.4 Å². The number of rotatable bonds is 3. The Morgan fingerprint density at radius 2 is 2.06 bits per heavy atom. The average Bonchev–Trinajstić information content (AvgIpc) is 2.71. The van der Waals surface area contributed by atoms with Gasteiger partial charge in [-0.3, -0.25) is 0 Å². The van der Waals surface area contributed by atoms with Crippen LogP contribution in [-0.4, -0.2) is 14.8 Å². The van der Waals surface area contributed by atoms with Crippen molar-refractivity contribution in [3.8, 4) is 0 Å². The summed E-state index contributed by atoms with van der Waals surface area (Å²) in [4.78, 5) is 3.92. The number of nitrogens with zero attached hydrogens (tertiary/aromatic N) is 3. The first-order chi connectivity index (χ1) is 7.70. The van der Waals surface area contributed by atoms with Crippen molar-refractivity contribution >= 4 is 11.6 Å². The van der Waals surface area contributed by atoms with Gasteiger partial charge in [0.1, 0.15) is 12.2 Å². The molecule has 1 aromatic heterocycles. The molecule has 2 aromatic rings. The molecule has 0 saturated heterocycles. The number of aromatic nitrogens is 3. The lowest BCUT2D eigenvalue weighted by atomic mass is 10.2. The standard InChI is InChI=1S/C10H8ClF2N3/c11-4-10-14-6-15-16(10)5-7-1-2-8(12)9(13)3-7/h1-3,6H,4-5H2. The molecule has 0 radical (unpaired) electrons. The van der Waals surface area contributed by atoms with Gasteiger partial charge in [-0.2, -0.15) is 5.10 Å². The van der Waals surface area contributed by atoms with Gasteiger partial charge in [-0.1, -0.05) is 6.07 Å². The fraction of sp³-hybridized carbons (Fsp3) is 0.200. The lowest BCUT2D eigenvalue weighted by Gasteiger charge is -2.04. The van der Waals surface area contributed by atoms with Crippen molar-refractivity contribution in [1.29, 1.82) is 0 Å². The largest absolute Gasteiger partial charge is 0.244 e. The van der Waals surface area contributed by atoms with Crippen LogP contribution in [0.3, 0.4) is 0 Å². The molecule has 84 valence electrons. The van der Waals surface area contributed by atoms with Gasteiger partial charge in [0.25, 0.3) is 0 Å². The van der Waals surface area contributed by atoms with Crippen LogP contribution < -0.4 is 0 Å². The third kappa shape index (κ3) is 2.19. The van der Waals surface area contributed by atoms with Crippen LogP contribution in [0.4, 0.5) is 8.78 Å². The SMILES string of the molecule is Fc1ccc(Cn2ncnc2CCl)cc1F. The molecule has 16 heavy (non-hydrogen) atoms. The molecule has 0 aliphatic carbocycles. The Labute approximate surface area is 95.7 Å². The van der Waals surface area contributed by atoms with Gasteiger partial charge in [0, 0.05) is 0 Å². The van der Waals surface area contributed by atoms with Crippen LogP contribution in [0.2, 0.25) is 0 Å². The Kier molecular flexibility index (Phi) is 3.14. The van der Waals surface area contributed by atoms with E-state index in [0.29, 0.717) is 17.9 Å². The van der Waals surface area contributed by atoms with E-state index in [1.165, 1.54) is 12.4 Å². The lowest BCUT2D eigenvalue weighted by molar-refractivity contribution is 0.505. The summed E-state index contributed by atoms with van der Waals surface area (Å²) >= 11 is 5.64. The first-order valence-corrected chi connectivity index (χ1v) is 5.10. The monoisotopic (exact) mass is 243 g/mol. The highest BCUT2D eigenvalue weighted by molar-refractivity contribution is 6.16. The highest BCUT2D eigenvalue weighted by Gasteiger charge is 2.06. The highest BCUT2D eigenvalue weighted by Crippen LogP contribution is 2.10. The molecule has 0 unspecified atom stereocenters. The van der Waals surface area contributed by atoms with Crippen molar-refractivity contribution in [2.45, 2.75) is 12.4 Å². The Morgan fingerprint density at radius 3 is 2.75 bits per heavy atom. The van der Waals surface area contributed by atoms with Gasteiger partial charge in [0.15, 0.2) is 11.6 Å². The Morgan fingerprint density at radius 1 is 1.25 bits per heavy atom. The number of alkyl halides is 1. The van der Waals surface area contributed by atoms with E-state index >= 15 is 0 Å². The van der Waals surface area contributed by atoms with Crippen molar-refractivity contribution in [2.24, 2.45) is 0 Å². The molecule has 6 heteroatoms. The molecule has 0 saturated carbocycles. The first kappa shape index (κ1) is 11.0. The van der Waals surface area contributed by atoms with Crippen molar-refractivity contribution in [3.05, 3.63) is 47.5 Å². The topological polar surface area (TPSA) is 30.7 Å². The summed E-state index contributed by atoms with van der Waals surface area (Å²) < 4.78 is 27.2. The van der Waals surface area contributed by atoms with E-state index in [2.05, 4.69) is 10.1 Å². The van der Waals surface area contributed by atoms with E-state index in [1.54, 1.807) is 4.68 Å². The zero-order valence-electron chi connectivity index (χ0n) is 8.20. The van der Waals surface area contributed by atoms with E-state index in [9.17, 15) is 8.78 Å². The van der Waals surface area contributed by atoms with Gasteiger partial charge in [-0.15, -0.1) is 11.6 Å². The maximum absolute atomic E-state index is 12.9.